The first-order chi connectivity index (χ1) is 11.3. The number of carbonyl (C=O) groups is 1. The highest BCUT2D eigenvalue weighted by Gasteiger charge is 2.31. The summed E-state index contributed by atoms with van der Waals surface area (Å²) in [6.07, 6.45) is 3.75. The molecule has 2 aromatic rings. The van der Waals surface area contributed by atoms with Crippen LogP contribution in [-0.2, 0) is 0 Å². The van der Waals surface area contributed by atoms with E-state index in [-0.39, 0.29) is 18.3 Å². The quantitative estimate of drug-likeness (QED) is 0.881. The van der Waals surface area contributed by atoms with Crippen molar-refractivity contribution >= 4 is 18.3 Å². The second kappa shape index (κ2) is 7.27. The van der Waals surface area contributed by atoms with Gasteiger partial charge in [-0.2, -0.15) is 0 Å². The summed E-state index contributed by atoms with van der Waals surface area (Å²) in [6.45, 7) is 3.92. The summed E-state index contributed by atoms with van der Waals surface area (Å²) < 4.78 is 1.58. The van der Waals surface area contributed by atoms with E-state index in [1.54, 1.807) is 11.0 Å². The maximum atomic E-state index is 12.7. The molecule has 1 N–H and O–H groups in total. The zero-order valence-electron chi connectivity index (χ0n) is 13.3. The van der Waals surface area contributed by atoms with E-state index in [0.717, 1.165) is 62.1 Å². The predicted molar refractivity (Wildman–Crippen MR) is 91.4 cm³/mol. The number of halogens is 1. The molecule has 2 aliphatic rings. The first-order valence-electron chi connectivity index (χ1n) is 8.14. The van der Waals surface area contributed by atoms with Crippen LogP contribution in [0.3, 0.4) is 0 Å². The monoisotopic (exact) mass is 348 g/mol. The molecule has 8 heteroatoms. The van der Waals surface area contributed by atoms with Gasteiger partial charge in [0, 0.05) is 18.7 Å². The minimum atomic E-state index is 0. The van der Waals surface area contributed by atoms with Gasteiger partial charge in [0.15, 0.2) is 0 Å². The summed E-state index contributed by atoms with van der Waals surface area (Å²) in [7, 11) is 0. The molecule has 3 heterocycles. The molecule has 0 bridgehead atoms. The summed E-state index contributed by atoms with van der Waals surface area (Å²) in [5, 5.41) is 14.6. The van der Waals surface area contributed by atoms with Crippen molar-refractivity contribution in [3.63, 3.8) is 0 Å². The molecule has 0 aliphatic carbocycles. The molecule has 1 amide bonds. The topological polar surface area (TPSA) is 75.9 Å². The van der Waals surface area contributed by atoms with Crippen LogP contribution in [0.5, 0.6) is 0 Å². The molecular formula is C16H21ClN6O. The second-order valence-corrected chi connectivity index (χ2v) is 6.35. The number of rotatable bonds is 2. The number of nitrogens with one attached hydrogen (secondary N) is 1. The van der Waals surface area contributed by atoms with Gasteiger partial charge in [0.05, 0.1) is 5.69 Å². The van der Waals surface area contributed by atoms with E-state index in [2.05, 4.69) is 20.8 Å². The van der Waals surface area contributed by atoms with E-state index in [1.165, 1.54) is 0 Å². The average molecular weight is 349 g/mol. The minimum Gasteiger partial charge on any atom is -0.339 e. The van der Waals surface area contributed by atoms with Gasteiger partial charge >= 0.3 is 0 Å². The number of benzene rings is 1. The van der Waals surface area contributed by atoms with E-state index in [1.807, 2.05) is 29.2 Å². The standard InChI is InChI=1S/C16H20N6O.ClH/c23-16(21-7-5-13-9-17-10-14(13)6-8-21)12-1-3-15(4-2-12)22-11-18-19-20-22;/h1-4,11,13-14,17H,5-10H2;1H/t13-,14+;. The molecule has 0 unspecified atom stereocenters. The highest BCUT2D eigenvalue weighted by atomic mass is 35.5. The van der Waals surface area contributed by atoms with Crippen LogP contribution in [0.2, 0.25) is 0 Å². The Morgan fingerprint density at radius 1 is 1.08 bits per heavy atom. The Kier molecular flexibility index (Phi) is 5.11. The van der Waals surface area contributed by atoms with Crippen LogP contribution in [0.15, 0.2) is 30.6 Å². The zero-order chi connectivity index (χ0) is 15.6. The minimum absolute atomic E-state index is 0. The van der Waals surface area contributed by atoms with E-state index >= 15 is 0 Å². The molecule has 4 rings (SSSR count). The summed E-state index contributed by atoms with van der Waals surface area (Å²) in [5.41, 5.74) is 1.58. The smallest absolute Gasteiger partial charge is 0.253 e. The SMILES string of the molecule is Cl.O=C(c1ccc(-n2cnnn2)cc1)N1CC[C@@H]2CNC[C@@H]2CC1. The van der Waals surface area contributed by atoms with E-state index < -0.39 is 0 Å². The molecule has 2 aliphatic heterocycles. The van der Waals surface area contributed by atoms with Gasteiger partial charge in [-0.15, -0.1) is 17.5 Å². The van der Waals surface area contributed by atoms with Crippen molar-refractivity contribution in [1.82, 2.24) is 30.4 Å². The van der Waals surface area contributed by atoms with Crippen LogP contribution in [-0.4, -0.2) is 57.2 Å². The number of carbonyl (C=O) groups excluding carboxylic acids is 1. The highest BCUT2D eigenvalue weighted by Crippen LogP contribution is 2.27. The number of aromatic nitrogens is 4. The lowest BCUT2D eigenvalue weighted by atomic mass is 9.92. The van der Waals surface area contributed by atoms with Crippen LogP contribution in [0, 0.1) is 11.8 Å². The number of hydrogen-bond acceptors (Lipinski definition) is 5. The molecule has 0 spiro atoms. The van der Waals surface area contributed by atoms with Crippen molar-refractivity contribution in [3.8, 4) is 5.69 Å². The molecule has 2 atom stereocenters. The molecule has 0 radical (unpaired) electrons. The maximum absolute atomic E-state index is 12.7. The molecule has 24 heavy (non-hydrogen) atoms. The van der Waals surface area contributed by atoms with Gasteiger partial charge in [-0.25, -0.2) is 4.68 Å². The number of nitrogens with zero attached hydrogens (tertiary/aromatic N) is 5. The Labute approximate surface area is 146 Å². The first kappa shape index (κ1) is 16.9. The van der Waals surface area contributed by atoms with Crippen molar-refractivity contribution < 1.29 is 4.79 Å². The van der Waals surface area contributed by atoms with Crippen molar-refractivity contribution in [3.05, 3.63) is 36.2 Å². The number of tetrazole rings is 1. The third kappa shape index (κ3) is 3.27. The summed E-state index contributed by atoms with van der Waals surface area (Å²) in [4.78, 5) is 14.7. The lowest BCUT2D eigenvalue weighted by Crippen LogP contribution is -2.32. The van der Waals surface area contributed by atoms with E-state index in [9.17, 15) is 4.79 Å². The van der Waals surface area contributed by atoms with Gasteiger partial charge < -0.3 is 10.2 Å². The molecule has 128 valence electrons. The summed E-state index contributed by atoms with van der Waals surface area (Å²) in [6, 6.07) is 7.46. The van der Waals surface area contributed by atoms with Crippen LogP contribution in [0.1, 0.15) is 23.2 Å². The maximum Gasteiger partial charge on any atom is 0.253 e. The lowest BCUT2D eigenvalue weighted by Gasteiger charge is -2.21. The van der Waals surface area contributed by atoms with Crippen molar-refractivity contribution in [1.29, 1.82) is 0 Å². The lowest BCUT2D eigenvalue weighted by molar-refractivity contribution is 0.0758. The fourth-order valence-corrected chi connectivity index (χ4v) is 3.64. The molecular weight excluding hydrogens is 328 g/mol. The summed E-state index contributed by atoms with van der Waals surface area (Å²) in [5.74, 6) is 1.59. The highest BCUT2D eigenvalue weighted by molar-refractivity contribution is 5.94. The van der Waals surface area contributed by atoms with Crippen molar-refractivity contribution in [2.75, 3.05) is 26.2 Å². The molecule has 2 saturated heterocycles. The average Bonchev–Trinajstić information content (AvgIpc) is 3.24. The third-order valence-corrected chi connectivity index (χ3v) is 5.03. The van der Waals surface area contributed by atoms with E-state index in [4.69, 9.17) is 0 Å². The Morgan fingerprint density at radius 3 is 2.33 bits per heavy atom. The Balaban J connectivity index is 0.00000169. The van der Waals surface area contributed by atoms with Gasteiger partial charge in [-0.05, 0) is 72.5 Å². The van der Waals surface area contributed by atoms with Crippen LogP contribution < -0.4 is 5.32 Å². The number of hydrogen-bond donors (Lipinski definition) is 1. The van der Waals surface area contributed by atoms with Gasteiger partial charge in [0.25, 0.3) is 5.91 Å². The van der Waals surface area contributed by atoms with Gasteiger partial charge in [0.2, 0.25) is 0 Å². The van der Waals surface area contributed by atoms with Crippen molar-refractivity contribution in [2.45, 2.75) is 12.8 Å². The van der Waals surface area contributed by atoms with Crippen LogP contribution >= 0.6 is 12.4 Å². The predicted octanol–water partition coefficient (Wildman–Crippen LogP) is 1.16. The molecule has 1 aromatic heterocycles. The molecule has 7 nitrogen and oxygen atoms in total. The molecule has 0 saturated carbocycles. The van der Waals surface area contributed by atoms with Crippen LogP contribution in [0.25, 0.3) is 5.69 Å². The number of likely N-dealkylation sites (tertiary alicyclic amines) is 1. The van der Waals surface area contributed by atoms with Gasteiger partial charge in [-0.3, -0.25) is 4.79 Å². The van der Waals surface area contributed by atoms with E-state index in [0.29, 0.717) is 0 Å². The Bertz CT molecular complexity index is 660. The zero-order valence-corrected chi connectivity index (χ0v) is 14.2. The van der Waals surface area contributed by atoms with Crippen LogP contribution in [0.4, 0.5) is 0 Å². The Morgan fingerprint density at radius 2 is 1.75 bits per heavy atom. The van der Waals surface area contributed by atoms with Crippen molar-refractivity contribution in [2.24, 2.45) is 11.8 Å². The largest absolute Gasteiger partial charge is 0.339 e. The second-order valence-electron chi connectivity index (χ2n) is 6.35. The van der Waals surface area contributed by atoms with Gasteiger partial charge in [0.1, 0.15) is 6.33 Å². The summed E-state index contributed by atoms with van der Waals surface area (Å²) >= 11 is 0. The van der Waals surface area contributed by atoms with Gasteiger partial charge in [-0.1, -0.05) is 0 Å². The normalized spacial score (nSPS) is 23.2. The number of amides is 1. The number of fused-ring (bicyclic) bond motifs is 1. The molecule has 2 fully saturated rings. The molecule has 1 aromatic carbocycles. The third-order valence-electron chi connectivity index (χ3n) is 5.03. The Hall–Kier alpha value is -1.99. The fourth-order valence-electron chi connectivity index (χ4n) is 3.64. The first-order valence-corrected chi connectivity index (χ1v) is 8.14. The fraction of sp³-hybridized carbons (Fsp3) is 0.500.